The predicted octanol–water partition coefficient (Wildman–Crippen LogP) is 3.20. The van der Waals surface area contributed by atoms with Crippen LogP contribution in [-0.2, 0) is 4.74 Å². The Morgan fingerprint density at radius 1 is 1.12 bits per heavy atom. The van der Waals surface area contributed by atoms with Crippen LogP contribution in [0.1, 0.15) is 20.8 Å². The topological polar surface area (TPSA) is 93.3 Å². The quantitative estimate of drug-likeness (QED) is 0.501. The van der Waals surface area contributed by atoms with Crippen LogP contribution in [0.4, 0.5) is 11.5 Å². The number of carbonyl (C=O) groups excluding carboxylic acids is 2. The summed E-state index contributed by atoms with van der Waals surface area (Å²) in [6, 6.07) is 13.8. The molecule has 2 aromatic heterocycles. The molecule has 7 heteroatoms. The van der Waals surface area contributed by atoms with Gasteiger partial charge in [0.25, 0.3) is 0 Å². The summed E-state index contributed by atoms with van der Waals surface area (Å²) in [7, 11) is 1.56. The number of nitrogens with one attached hydrogen (secondary N) is 2. The maximum atomic E-state index is 12.4. The zero-order valence-corrected chi connectivity index (χ0v) is 14.1. The molecule has 1 aromatic carbocycles. The van der Waals surface area contributed by atoms with Crippen LogP contribution < -0.4 is 10.1 Å². The summed E-state index contributed by atoms with van der Waals surface area (Å²) in [4.78, 5) is 31.3. The second kappa shape index (κ2) is 7.98. The van der Waals surface area contributed by atoms with E-state index in [1.54, 1.807) is 55.9 Å². The molecule has 7 nitrogen and oxygen atoms in total. The molecule has 0 unspecified atom stereocenters. The van der Waals surface area contributed by atoms with Crippen LogP contribution in [0.15, 0.2) is 60.9 Å². The van der Waals surface area contributed by atoms with Crippen molar-refractivity contribution in [3.63, 3.8) is 0 Å². The Bertz CT molecular complexity index is 907. The number of anilines is 2. The molecule has 2 N–H and O–H groups in total. The number of benzene rings is 1. The van der Waals surface area contributed by atoms with Gasteiger partial charge in [-0.15, -0.1) is 0 Å². The second-order valence-electron chi connectivity index (χ2n) is 5.31. The van der Waals surface area contributed by atoms with Gasteiger partial charge in [-0.3, -0.25) is 4.79 Å². The van der Waals surface area contributed by atoms with Crippen molar-refractivity contribution in [1.82, 2.24) is 9.97 Å². The SMILES string of the molecule is COc1ccccc1Nc1ncccc1C(=O)OCC(=O)c1ccc[nH]1. The molecule has 0 atom stereocenters. The number of aromatic amines is 1. The minimum absolute atomic E-state index is 0.220. The minimum atomic E-state index is -0.643. The minimum Gasteiger partial charge on any atom is -0.495 e. The Hall–Kier alpha value is -3.61. The van der Waals surface area contributed by atoms with Crippen LogP contribution in [0.5, 0.6) is 5.75 Å². The Balaban J connectivity index is 1.74. The van der Waals surface area contributed by atoms with Gasteiger partial charge in [0, 0.05) is 12.4 Å². The van der Waals surface area contributed by atoms with Gasteiger partial charge in [0.1, 0.15) is 17.1 Å². The number of ether oxygens (including phenoxy) is 2. The van der Waals surface area contributed by atoms with Gasteiger partial charge in [-0.05, 0) is 36.4 Å². The number of ketones is 1. The first kappa shape index (κ1) is 17.2. The summed E-state index contributed by atoms with van der Waals surface area (Å²) in [5.74, 6) is -0.0319. The first-order valence-corrected chi connectivity index (χ1v) is 7.88. The number of nitrogens with zero attached hydrogens (tertiary/aromatic N) is 1. The van der Waals surface area contributed by atoms with E-state index in [1.165, 1.54) is 0 Å². The number of pyridine rings is 1. The Morgan fingerprint density at radius 3 is 2.73 bits per heavy atom. The Labute approximate surface area is 150 Å². The van der Waals surface area contributed by atoms with E-state index in [4.69, 9.17) is 9.47 Å². The van der Waals surface area contributed by atoms with Crippen molar-refractivity contribution in [3.05, 3.63) is 72.2 Å². The smallest absolute Gasteiger partial charge is 0.342 e. The van der Waals surface area contributed by atoms with Crippen molar-refractivity contribution in [2.45, 2.75) is 0 Å². The van der Waals surface area contributed by atoms with E-state index in [0.717, 1.165) is 0 Å². The summed E-state index contributed by atoms with van der Waals surface area (Å²) >= 11 is 0. The molecule has 0 aliphatic heterocycles. The van der Waals surface area contributed by atoms with Crippen LogP contribution in [0.3, 0.4) is 0 Å². The molecule has 3 aromatic rings. The lowest BCUT2D eigenvalue weighted by atomic mass is 10.2. The van der Waals surface area contributed by atoms with Crippen LogP contribution >= 0.6 is 0 Å². The number of para-hydroxylation sites is 2. The number of esters is 1. The summed E-state index contributed by atoms with van der Waals surface area (Å²) < 4.78 is 10.4. The molecule has 0 saturated heterocycles. The molecule has 0 bridgehead atoms. The molecule has 0 amide bonds. The van der Waals surface area contributed by atoms with Crippen LogP contribution in [0, 0.1) is 0 Å². The number of Topliss-reactive ketones (excluding diaryl/α,β-unsaturated/α-hetero) is 1. The third kappa shape index (κ3) is 3.89. The lowest BCUT2D eigenvalue weighted by molar-refractivity contribution is 0.0474. The molecule has 0 fully saturated rings. The van der Waals surface area contributed by atoms with Gasteiger partial charge >= 0.3 is 5.97 Å². The third-order valence-electron chi connectivity index (χ3n) is 3.62. The van der Waals surface area contributed by atoms with Gasteiger partial charge in [0.15, 0.2) is 6.61 Å². The maximum Gasteiger partial charge on any atom is 0.342 e. The molecule has 0 saturated carbocycles. The zero-order chi connectivity index (χ0) is 18.4. The zero-order valence-electron chi connectivity index (χ0n) is 14.1. The highest BCUT2D eigenvalue weighted by molar-refractivity contribution is 6.00. The molecule has 0 aliphatic carbocycles. The summed E-state index contributed by atoms with van der Waals surface area (Å²) in [6.45, 7) is -0.359. The van der Waals surface area contributed by atoms with Crippen molar-refractivity contribution in [3.8, 4) is 5.75 Å². The standard InChI is InChI=1S/C19H17N3O4/c1-25-17-9-3-2-7-15(17)22-18-13(6-4-11-21-18)19(24)26-12-16(23)14-8-5-10-20-14/h2-11,20H,12H2,1H3,(H,21,22). The molecular weight excluding hydrogens is 334 g/mol. The molecule has 0 aliphatic rings. The van der Waals surface area contributed by atoms with Crippen LogP contribution in [0.25, 0.3) is 0 Å². The van der Waals surface area contributed by atoms with E-state index in [9.17, 15) is 9.59 Å². The lowest BCUT2D eigenvalue weighted by Gasteiger charge is -2.13. The van der Waals surface area contributed by atoms with E-state index in [2.05, 4.69) is 15.3 Å². The molecule has 2 heterocycles. The number of hydrogen-bond donors (Lipinski definition) is 2. The van der Waals surface area contributed by atoms with Crippen LogP contribution in [0.2, 0.25) is 0 Å². The van der Waals surface area contributed by atoms with E-state index < -0.39 is 5.97 Å². The fraction of sp³-hybridized carbons (Fsp3) is 0.105. The van der Waals surface area contributed by atoms with E-state index in [-0.39, 0.29) is 18.0 Å². The average molecular weight is 351 g/mol. The molecule has 3 rings (SSSR count). The number of rotatable bonds is 7. The molecule has 0 radical (unpaired) electrons. The molecule has 26 heavy (non-hydrogen) atoms. The van der Waals surface area contributed by atoms with Gasteiger partial charge in [-0.1, -0.05) is 12.1 Å². The van der Waals surface area contributed by atoms with Crippen LogP contribution in [-0.4, -0.2) is 35.4 Å². The highest BCUT2D eigenvalue weighted by Gasteiger charge is 2.17. The largest absolute Gasteiger partial charge is 0.495 e. The van der Waals surface area contributed by atoms with Crippen molar-refractivity contribution in [1.29, 1.82) is 0 Å². The fourth-order valence-corrected chi connectivity index (χ4v) is 2.34. The summed E-state index contributed by atoms with van der Waals surface area (Å²) in [5.41, 5.74) is 1.26. The van der Waals surface area contributed by atoms with E-state index >= 15 is 0 Å². The predicted molar refractivity (Wildman–Crippen MR) is 95.9 cm³/mol. The number of H-pyrrole nitrogens is 1. The number of methoxy groups -OCH3 is 1. The van der Waals surface area contributed by atoms with Gasteiger partial charge in [0.05, 0.1) is 18.5 Å². The third-order valence-corrected chi connectivity index (χ3v) is 3.62. The maximum absolute atomic E-state index is 12.4. The summed E-state index contributed by atoms with van der Waals surface area (Å²) in [6.07, 6.45) is 3.18. The average Bonchev–Trinajstić information content (AvgIpc) is 3.21. The highest BCUT2D eigenvalue weighted by Crippen LogP contribution is 2.27. The first-order chi connectivity index (χ1) is 12.7. The number of aromatic nitrogens is 2. The van der Waals surface area contributed by atoms with E-state index in [0.29, 0.717) is 22.9 Å². The summed E-state index contributed by atoms with van der Waals surface area (Å²) in [5, 5.41) is 3.06. The number of hydrogen-bond acceptors (Lipinski definition) is 6. The van der Waals surface area contributed by atoms with Gasteiger partial charge < -0.3 is 19.8 Å². The van der Waals surface area contributed by atoms with Crippen molar-refractivity contribution in [2.24, 2.45) is 0 Å². The Morgan fingerprint density at radius 2 is 1.96 bits per heavy atom. The van der Waals surface area contributed by atoms with Gasteiger partial charge in [-0.25, -0.2) is 9.78 Å². The normalized spacial score (nSPS) is 10.2. The monoisotopic (exact) mass is 351 g/mol. The molecule has 0 spiro atoms. The second-order valence-corrected chi connectivity index (χ2v) is 5.31. The first-order valence-electron chi connectivity index (χ1n) is 7.88. The molecular formula is C19H17N3O4. The highest BCUT2D eigenvalue weighted by atomic mass is 16.5. The van der Waals surface area contributed by atoms with Gasteiger partial charge in [0.2, 0.25) is 5.78 Å². The Kier molecular flexibility index (Phi) is 5.28. The van der Waals surface area contributed by atoms with Crippen molar-refractivity contribution < 1.29 is 19.1 Å². The lowest BCUT2D eigenvalue weighted by Crippen LogP contribution is -2.16. The van der Waals surface area contributed by atoms with Crippen molar-refractivity contribution in [2.75, 3.05) is 19.0 Å². The number of carbonyl (C=O) groups is 2. The van der Waals surface area contributed by atoms with Gasteiger partial charge in [-0.2, -0.15) is 0 Å². The van der Waals surface area contributed by atoms with Crippen molar-refractivity contribution >= 4 is 23.3 Å². The fourth-order valence-electron chi connectivity index (χ4n) is 2.34. The van der Waals surface area contributed by atoms with E-state index in [1.807, 2.05) is 12.1 Å². The molecule has 132 valence electrons.